The van der Waals surface area contributed by atoms with Gasteiger partial charge < -0.3 is 34.5 Å². The molecule has 0 amide bonds. The van der Waals surface area contributed by atoms with E-state index in [-0.39, 0.29) is 13.0 Å². The quantitative estimate of drug-likeness (QED) is 0.181. The first-order chi connectivity index (χ1) is 16.6. The molecule has 0 unspecified atom stereocenters. The number of anilines is 1. The Kier molecular flexibility index (Phi) is 10.3. The zero-order valence-electron chi connectivity index (χ0n) is 19.1. The van der Waals surface area contributed by atoms with Crippen molar-refractivity contribution in [1.82, 2.24) is 24.2 Å². The van der Waals surface area contributed by atoms with Crippen molar-refractivity contribution >= 4 is 42.4 Å². The highest BCUT2D eigenvalue weighted by molar-refractivity contribution is 7.56. The highest BCUT2D eigenvalue weighted by Gasteiger charge is 2.41. The van der Waals surface area contributed by atoms with Gasteiger partial charge in [0, 0.05) is 25.2 Å². The molecule has 0 aliphatic carbocycles. The first-order valence-electron chi connectivity index (χ1n) is 10.3. The van der Waals surface area contributed by atoms with Crippen LogP contribution in [0.3, 0.4) is 0 Å². The highest BCUT2D eigenvalue weighted by Crippen LogP contribution is 2.54. The Hall–Kier alpha value is -3.39. The maximum atomic E-state index is 13.2. The Balaban J connectivity index is 0.000000466. The van der Waals surface area contributed by atoms with Gasteiger partial charge in [-0.1, -0.05) is 0 Å². The van der Waals surface area contributed by atoms with E-state index in [4.69, 9.17) is 29.9 Å². The Bertz CT molecular complexity index is 1110. The summed E-state index contributed by atoms with van der Waals surface area (Å²) in [7, 11) is -1.97. The maximum absolute atomic E-state index is 13.2. The van der Waals surface area contributed by atoms with Gasteiger partial charge in [-0.25, -0.2) is 29.2 Å². The van der Waals surface area contributed by atoms with Crippen LogP contribution in [-0.4, -0.2) is 91.6 Å². The molecule has 2 aromatic rings. The second-order valence-electron chi connectivity index (χ2n) is 7.10. The molecular formula is C19H27N6O9P. The van der Waals surface area contributed by atoms with E-state index in [2.05, 4.69) is 15.0 Å². The van der Waals surface area contributed by atoms with Crippen LogP contribution in [0.15, 0.2) is 24.8 Å². The molecule has 3 heterocycles. The Morgan fingerprint density at radius 1 is 1.26 bits per heavy atom. The number of ether oxygens (including phenoxy) is 2. The van der Waals surface area contributed by atoms with E-state index in [0.29, 0.717) is 55.3 Å². The third-order valence-electron chi connectivity index (χ3n) is 4.73. The van der Waals surface area contributed by atoms with Gasteiger partial charge >= 0.3 is 17.9 Å². The molecule has 2 atom stereocenters. The van der Waals surface area contributed by atoms with Crippen LogP contribution in [-0.2, 0) is 39.5 Å². The van der Waals surface area contributed by atoms with Crippen LogP contribution in [0.1, 0.15) is 13.3 Å². The molecule has 4 N–H and O–H groups in total. The average molecular weight is 514 g/mol. The number of carbonyl (C=O) groups excluding carboxylic acids is 1. The summed E-state index contributed by atoms with van der Waals surface area (Å²) < 4.78 is 32.4. The molecule has 16 heteroatoms. The number of aromatic nitrogens is 4. The number of hydrogen-bond donors (Lipinski definition) is 3. The summed E-state index contributed by atoms with van der Waals surface area (Å²) in [6.45, 7) is 3.21. The van der Waals surface area contributed by atoms with Gasteiger partial charge in [0.25, 0.3) is 7.52 Å². The third-order valence-corrected chi connectivity index (χ3v) is 7.16. The number of fused-ring (bicyclic) bond motifs is 1. The minimum Gasteiger partial charge on any atom is -0.478 e. The molecule has 3 rings (SSSR count). The fourth-order valence-corrected chi connectivity index (χ4v) is 5.28. The number of methoxy groups -OCH3 is 1. The second kappa shape index (κ2) is 12.9. The van der Waals surface area contributed by atoms with Gasteiger partial charge in [0.15, 0.2) is 11.5 Å². The summed E-state index contributed by atoms with van der Waals surface area (Å²) in [4.78, 5) is 43.2. The Labute approximate surface area is 200 Å². The maximum Gasteiger partial charge on any atom is 0.328 e. The number of carboxylic acid groups (broad SMARTS) is 2. The minimum absolute atomic E-state index is 0.113. The van der Waals surface area contributed by atoms with Crippen molar-refractivity contribution < 1.29 is 43.2 Å². The molecule has 0 bridgehead atoms. The van der Waals surface area contributed by atoms with Gasteiger partial charge in [0.2, 0.25) is 0 Å². The summed E-state index contributed by atoms with van der Waals surface area (Å²) in [6.07, 6.45) is 4.66. The van der Waals surface area contributed by atoms with Crippen LogP contribution in [0.25, 0.3) is 11.2 Å². The van der Waals surface area contributed by atoms with Crippen molar-refractivity contribution in [3.05, 3.63) is 24.8 Å². The lowest BCUT2D eigenvalue weighted by molar-refractivity contribution is -0.145. The molecule has 2 aromatic heterocycles. The van der Waals surface area contributed by atoms with E-state index in [1.165, 1.54) is 13.4 Å². The lowest BCUT2D eigenvalue weighted by Gasteiger charge is -2.37. The predicted octanol–water partition coefficient (Wildman–Crippen LogP) is 0.571. The zero-order valence-corrected chi connectivity index (χ0v) is 20.0. The second-order valence-corrected chi connectivity index (χ2v) is 9.41. The SMILES string of the molecule is COC(=O)[C@H](C)N1CCCO[P@]1(=O)COCCn1cnc2c(N)ncnc21.O=C(O)/C=C/C(=O)O. The summed E-state index contributed by atoms with van der Waals surface area (Å²) in [5.74, 6) is -2.66. The first kappa shape index (κ1) is 27.9. The summed E-state index contributed by atoms with van der Waals surface area (Å²) in [5.41, 5.74) is 6.89. The number of hydrogen-bond acceptors (Lipinski definition) is 11. The number of esters is 1. The largest absolute Gasteiger partial charge is 0.478 e. The van der Waals surface area contributed by atoms with Gasteiger partial charge in [-0.3, -0.25) is 9.36 Å². The smallest absolute Gasteiger partial charge is 0.328 e. The molecule has 1 saturated heterocycles. The van der Waals surface area contributed by atoms with Crippen molar-refractivity contribution in [2.24, 2.45) is 0 Å². The number of rotatable bonds is 9. The van der Waals surface area contributed by atoms with Crippen molar-refractivity contribution in [3.63, 3.8) is 0 Å². The first-order valence-corrected chi connectivity index (χ1v) is 12.1. The minimum atomic E-state index is -3.27. The molecule has 0 aromatic carbocycles. The number of aliphatic carboxylic acids is 2. The molecule has 0 radical (unpaired) electrons. The highest BCUT2D eigenvalue weighted by atomic mass is 31.2. The predicted molar refractivity (Wildman–Crippen MR) is 121 cm³/mol. The molecule has 0 spiro atoms. The number of carbonyl (C=O) groups is 3. The monoisotopic (exact) mass is 514 g/mol. The van der Waals surface area contributed by atoms with Crippen LogP contribution in [0.4, 0.5) is 5.82 Å². The van der Waals surface area contributed by atoms with Crippen LogP contribution < -0.4 is 5.73 Å². The fourth-order valence-electron chi connectivity index (χ4n) is 3.07. The van der Waals surface area contributed by atoms with E-state index >= 15 is 0 Å². The molecule has 192 valence electrons. The van der Waals surface area contributed by atoms with Crippen LogP contribution in [0.5, 0.6) is 0 Å². The topological polar surface area (TPSA) is 209 Å². The molecule has 1 aliphatic rings. The average Bonchev–Trinajstić information content (AvgIpc) is 3.24. The van der Waals surface area contributed by atoms with E-state index in [0.717, 1.165) is 0 Å². The summed E-state index contributed by atoms with van der Waals surface area (Å²) in [5, 5.41) is 15.6. The van der Waals surface area contributed by atoms with Gasteiger partial charge in [-0.05, 0) is 13.3 Å². The molecular weight excluding hydrogens is 487 g/mol. The van der Waals surface area contributed by atoms with Gasteiger partial charge in [0.05, 0.1) is 26.7 Å². The number of nitrogens with zero attached hydrogens (tertiary/aromatic N) is 5. The zero-order chi connectivity index (χ0) is 26.0. The van der Waals surface area contributed by atoms with Crippen molar-refractivity contribution in [2.45, 2.75) is 25.9 Å². The lowest BCUT2D eigenvalue weighted by atomic mass is 10.3. The van der Waals surface area contributed by atoms with Crippen molar-refractivity contribution in [2.75, 3.05) is 38.9 Å². The van der Waals surface area contributed by atoms with Crippen molar-refractivity contribution in [3.8, 4) is 0 Å². The third kappa shape index (κ3) is 7.82. The Morgan fingerprint density at radius 3 is 2.57 bits per heavy atom. The van der Waals surface area contributed by atoms with Crippen LogP contribution >= 0.6 is 7.52 Å². The molecule has 15 nitrogen and oxygen atoms in total. The van der Waals surface area contributed by atoms with Gasteiger partial charge in [-0.15, -0.1) is 0 Å². The number of nitrogen functional groups attached to an aromatic ring is 1. The molecule has 35 heavy (non-hydrogen) atoms. The fraction of sp³-hybridized carbons (Fsp3) is 0.474. The summed E-state index contributed by atoms with van der Waals surface area (Å²) >= 11 is 0. The van der Waals surface area contributed by atoms with Crippen LogP contribution in [0, 0.1) is 0 Å². The molecule has 1 fully saturated rings. The van der Waals surface area contributed by atoms with Gasteiger partial charge in [0.1, 0.15) is 24.2 Å². The standard InChI is InChI=1S/C15H23N6O5P.C4H4O4/c1-11(15(22)24-2)21-4-3-6-26-27(21,23)10-25-7-5-20-9-19-12-13(16)17-8-18-14(12)20;5-3(6)1-2-4(7)8/h8-9,11H,3-7,10H2,1-2H3,(H2,16,17,18);1-2H,(H,5,6)(H,7,8)/b;2-1+/t11-,27+;/m0./s1. The van der Waals surface area contributed by atoms with E-state index in [9.17, 15) is 18.9 Å². The van der Waals surface area contributed by atoms with Gasteiger partial charge in [-0.2, -0.15) is 0 Å². The number of imidazole rings is 1. The van der Waals surface area contributed by atoms with E-state index < -0.39 is 31.5 Å². The van der Waals surface area contributed by atoms with Crippen molar-refractivity contribution in [1.29, 1.82) is 0 Å². The van der Waals surface area contributed by atoms with Crippen LogP contribution in [0.2, 0.25) is 0 Å². The molecule has 1 aliphatic heterocycles. The normalized spacial score (nSPS) is 19.1. The molecule has 0 saturated carbocycles. The lowest BCUT2D eigenvalue weighted by Crippen LogP contribution is -2.42. The Morgan fingerprint density at radius 2 is 1.94 bits per heavy atom. The van der Waals surface area contributed by atoms with E-state index in [1.807, 2.05) is 0 Å². The summed E-state index contributed by atoms with van der Waals surface area (Å²) in [6, 6.07) is -0.665. The number of carboxylic acids is 2. The number of nitrogens with two attached hydrogens (primary N) is 1. The van der Waals surface area contributed by atoms with E-state index in [1.54, 1.807) is 22.5 Å².